The third-order valence-corrected chi connectivity index (χ3v) is 15.3. The molecule has 21 heteroatoms. The van der Waals surface area contributed by atoms with Gasteiger partial charge in [-0.15, -0.1) is 0 Å². The summed E-state index contributed by atoms with van der Waals surface area (Å²) in [5.74, 6) is -3.56. The number of phenols is 1. The van der Waals surface area contributed by atoms with E-state index in [9.17, 15) is 52.5 Å². The molecule has 5 heterocycles. The van der Waals surface area contributed by atoms with Gasteiger partial charge in [-0.3, -0.25) is 42.6 Å². The molecule has 5 aliphatic heterocycles. The first-order valence-corrected chi connectivity index (χ1v) is 26.4. The highest BCUT2D eigenvalue weighted by molar-refractivity contribution is 7.84. The van der Waals surface area contributed by atoms with Crippen LogP contribution in [-0.2, 0) is 60.4 Å². The van der Waals surface area contributed by atoms with Gasteiger partial charge in [0.2, 0.25) is 47.3 Å². The number of likely N-dealkylation sites (N-methyl/N-ethyl adjacent to an activating group) is 1. The molecule has 5 aliphatic rings. The van der Waals surface area contributed by atoms with Gasteiger partial charge >= 0.3 is 0 Å². The van der Waals surface area contributed by atoms with Crippen molar-refractivity contribution >= 4 is 64.3 Å². The minimum absolute atomic E-state index is 0.000730. The van der Waals surface area contributed by atoms with Gasteiger partial charge in [-0.2, -0.15) is 0 Å². The lowest BCUT2D eigenvalue weighted by molar-refractivity contribution is -0.151. The molecular formula is C48H71N9O11S. The van der Waals surface area contributed by atoms with Crippen molar-refractivity contribution in [2.75, 3.05) is 58.3 Å². The molecule has 1 aromatic rings. The lowest BCUT2D eigenvalue weighted by Gasteiger charge is -2.35. The highest BCUT2D eigenvalue weighted by Gasteiger charge is 2.48. The fraction of sp³-hybridized carbons (Fsp3) is 0.688. The lowest BCUT2D eigenvalue weighted by atomic mass is 10.00. The molecule has 1 aromatic carbocycles. The number of carbonyl (C=O) groups is 9. The maximum atomic E-state index is 14.8. The van der Waals surface area contributed by atoms with Crippen LogP contribution in [0.3, 0.4) is 0 Å². The van der Waals surface area contributed by atoms with E-state index >= 15 is 0 Å². The molecule has 0 aromatic heterocycles. The quantitative estimate of drug-likeness (QED) is 0.105. The maximum Gasteiger partial charge on any atom is 0.246 e. The third kappa shape index (κ3) is 12.7. The fourth-order valence-corrected chi connectivity index (χ4v) is 11.1. The molecule has 0 spiro atoms. The molecule has 20 nitrogen and oxygen atoms in total. The van der Waals surface area contributed by atoms with E-state index in [-0.39, 0.29) is 74.2 Å². The first-order chi connectivity index (χ1) is 33.1. The molecule has 0 bridgehead atoms. The number of nitrogens with one attached hydrogen (secondary N) is 4. The molecule has 69 heavy (non-hydrogen) atoms. The number of carbonyl (C=O) groups excluding carboxylic acids is 9. The summed E-state index contributed by atoms with van der Waals surface area (Å²) < 4.78 is 12.1. The molecule has 380 valence electrons. The van der Waals surface area contributed by atoms with Crippen molar-refractivity contribution in [2.45, 2.75) is 146 Å². The maximum absolute atomic E-state index is 14.8. The van der Waals surface area contributed by atoms with Gasteiger partial charge in [0.05, 0.1) is 12.6 Å². The van der Waals surface area contributed by atoms with Crippen LogP contribution >= 0.6 is 0 Å². The van der Waals surface area contributed by atoms with Crippen molar-refractivity contribution in [1.82, 2.24) is 45.8 Å². The SMILES string of the molecule is CCC(C)[C@@H](C=O)NC(=O)[C@H](CCS(C)=O)NC(=O)[C@@H]1CCCN1C(=O)[C@@H]1CCCN1C(=O)[C@H](Cc1ccc(O)cc1)NC(=O)[C@@H]1CCCN1C(=O)[C@H]1CCCN1C(=O)[C@@H]1CCCN1C(=O)CNC. The second-order valence-corrected chi connectivity index (χ2v) is 20.7. The van der Waals surface area contributed by atoms with Crippen LogP contribution in [0.15, 0.2) is 24.3 Å². The number of phenolic OH excluding ortho intramolecular Hbond substituents is 1. The van der Waals surface area contributed by atoms with Gasteiger partial charge in [-0.1, -0.05) is 32.4 Å². The van der Waals surface area contributed by atoms with E-state index in [1.54, 1.807) is 29.0 Å². The smallest absolute Gasteiger partial charge is 0.246 e. The number of hydrogen-bond acceptors (Lipinski definition) is 12. The Balaban J connectivity index is 1.16. The highest BCUT2D eigenvalue weighted by atomic mass is 32.2. The second kappa shape index (κ2) is 24.4. The Hall–Kier alpha value is -5.44. The molecule has 8 amide bonds. The summed E-state index contributed by atoms with van der Waals surface area (Å²) in [7, 11) is 0.380. The normalized spacial score (nSPS) is 24.6. The van der Waals surface area contributed by atoms with Crippen LogP contribution in [-0.4, -0.2) is 194 Å². The van der Waals surface area contributed by atoms with Crippen LogP contribution in [0.25, 0.3) is 0 Å². The monoisotopic (exact) mass is 981 g/mol. The predicted octanol–water partition coefficient (Wildman–Crippen LogP) is -0.423. The van der Waals surface area contributed by atoms with Gasteiger partial charge in [0, 0.05) is 62.0 Å². The van der Waals surface area contributed by atoms with E-state index < -0.39 is 88.7 Å². The Morgan fingerprint density at radius 3 is 1.62 bits per heavy atom. The molecule has 5 N–H and O–H groups in total. The van der Waals surface area contributed by atoms with Gasteiger partial charge in [0.25, 0.3) is 0 Å². The average Bonchev–Trinajstić information content (AvgIpc) is 4.20. The van der Waals surface area contributed by atoms with E-state index in [2.05, 4.69) is 21.3 Å². The fourth-order valence-electron chi connectivity index (χ4n) is 10.5. The minimum atomic E-state index is -1.29. The summed E-state index contributed by atoms with van der Waals surface area (Å²) in [4.78, 5) is 132. The van der Waals surface area contributed by atoms with E-state index in [1.807, 2.05) is 13.8 Å². The first kappa shape index (κ1) is 52.9. The van der Waals surface area contributed by atoms with E-state index in [0.29, 0.717) is 95.6 Å². The zero-order valence-corrected chi connectivity index (χ0v) is 41.2. The largest absolute Gasteiger partial charge is 0.508 e. The van der Waals surface area contributed by atoms with Crippen LogP contribution in [0.2, 0.25) is 0 Å². The molecule has 10 atom stereocenters. The van der Waals surface area contributed by atoms with E-state index in [4.69, 9.17) is 0 Å². The summed E-state index contributed by atoms with van der Waals surface area (Å²) in [5, 5.41) is 21.3. The number of aldehydes is 1. The van der Waals surface area contributed by atoms with Crippen LogP contribution in [0.1, 0.15) is 96.5 Å². The summed E-state index contributed by atoms with van der Waals surface area (Å²) in [6, 6.07) is -1.22. The van der Waals surface area contributed by atoms with Crippen molar-refractivity contribution < 1.29 is 52.5 Å². The van der Waals surface area contributed by atoms with Gasteiger partial charge in [-0.25, -0.2) is 0 Å². The number of amides is 8. The standard InChI is InChI=1S/C48H71N9O11S/c1-5-30(2)35(29-58)52-42(61)33(20-26-69(4)68)50-43(62)36-11-6-22-54(36)47(66)39-14-9-24-56(39)45(64)34(27-31-16-18-32(59)19-17-31)51-44(63)37-12-7-23-55(37)48(67)40-15-10-25-57(40)46(65)38-13-8-21-53(38)41(60)28-49-3/h16-19,29-30,33-40,49,59H,5-15,20-28H2,1-4H3,(H,50,62)(H,51,63)(H,52,61)/t30?,33-,34-,35+,36-,37-,38-,39-,40+,69?/m0/s1. The van der Waals surface area contributed by atoms with Crippen molar-refractivity contribution in [3.63, 3.8) is 0 Å². The number of nitrogens with zero attached hydrogens (tertiary/aromatic N) is 5. The zero-order chi connectivity index (χ0) is 49.9. The zero-order valence-electron chi connectivity index (χ0n) is 40.4. The van der Waals surface area contributed by atoms with Crippen LogP contribution in [0.5, 0.6) is 5.75 Å². The van der Waals surface area contributed by atoms with Gasteiger partial charge in [0.15, 0.2) is 0 Å². The predicted molar refractivity (Wildman–Crippen MR) is 254 cm³/mol. The molecular weight excluding hydrogens is 911 g/mol. The molecule has 0 aliphatic carbocycles. The topological polar surface area (TPSA) is 255 Å². The van der Waals surface area contributed by atoms with Crippen molar-refractivity contribution in [3.05, 3.63) is 29.8 Å². The van der Waals surface area contributed by atoms with Crippen molar-refractivity contribution in [2.24, 2.45) is 5.92 Å². The van der Waals surface area contributed by atoms with Gasteiger partial charge in [-0.05, 0) is 101 Å². The van der Waals surface area contributed by atoms with Crippen LogP contribution < -0.4 is 21.3 Å². The summed E-state index contributed by atoms with van der Waals surface area (Å²) >= 11 is 0. The minimum Gasteiger partial charge on any atom is -0.508 e. The van der Waals surface area contributed by atoms with Crippen LogP contribution in [0, 0.1) is 5.92 Å². The number of aromatic hydroxyl groups is 1. The van der Waals surface area contributed by atoms with Crippen molar-refractivity contribution in [3.8, 4) is 5.75 Å². The lowest BCUT2D eigenvalue weighted by Crippen LogP contribution is -2.60. The summed E-state index contributed by atoms with van der Waals surface area (Å²) in [6.45, 7) is 5.31. The Bertz CT molecular complexity index is 2090. The van der Waals surface area contributed by atoms with E-state index in [0.717, 1.165) is 0 Å². The Labute approximate surface area is 406 Å². The number of likely N-dealkylation sites (tertiary alicyclic amines) is 5. The molecule has 5 fully saturated rings. The van der Waals surface area contributed by atoms with E-state index in [1.165, 1.54) is 33.1 Å². The Morgan fingerprint density at radius 2 is 1.13 bits per heavy atom. The van der Waals surface area contributed by atoms with Gasteiger partial charge < -0.3 is 55.7 Å². The third-order valence-electron chi connectivity index (χ3n) is 14.5. The Kier molecular flexibility index (Phi) is 18.7. The highest BCUT2D eigenvalue weighted by Crippen LogP contribution is 2.30. The number of benzene rings is 1. The Morgan fingerprint density at radius 1 is 0.681 bits per heavy atom. The second-order valence-electron chi connectivity index (χ2n) is 19.1. The summed E-state index contributed by atoms with van der Waals surface area (Å²) in [5.41, 5.74) is 0.618. The molecule has 6 rings (SSSR count). The molecule has 0 radical (unpaired) electrons. The number of hydrogen-bond donors (Lipinski definition) is 5. The molecule has 2 unspecified atom stereocenters. The average molecular weight is 982 g/mol. The van der Waals surface area contributed by atoms with Crippen molar-refractivity contribution in [1.29, 1.82) is 0 Å². The van der Waals surface area contributed by atoms with Gasteiger partial charge in [0.1, 0.15) is 54.3 Å². The first-order valence-electron chi connectivity index (χ1n) is 24.7. The van der Waals surface area contributed by atoms with Crippen LogP contribution in [0.4, 0.5) is 0 Å². The molecule has 0 saturated carbocycles. The summed E-state index contributed by atoms with van der Waals surface area (Å²) in [6.07, 6.45) is 7.38. The molecule has 5 saturated heterocycles. The number of rotatable bonds is 20.